The van der Waals surface area contributed by atoms with Crippen LogP contribution in [0.5, 0.6) is 11.5 Å². The first-order valence-corrected chi connectivity index (χ1v) is 10.9. The Bertz CT molecular complexity index is 927. The van der Waals surface area contributed by atoms with Crippen LogP contribution in [-0.2, 0) is 14.8 Å². The SMILES string of the molecule is CCCCNC(=O)CN(c1ccc(OC)cc1)S(=O)(=O)c1cc(C)ccc1OC. The minimum atomic E-state index is -4.06. The molecule has 0 fully saturated rings. The monoisotopic (exact) mass is 420 g/mol. The summed E-state index contributed by atoms with van der Waals surface area (Å²) in [5, 5.41) is 2.77. The number of aryl methyl sites for hydroxylation is 1. The third kappa shape index (κ3) is 5.63. The van der Waals surface area contributed by atoms with E-state index in [0.29, 0.717) is 18.0 Å². The van der Waals surface area contributed by atoms with Crippen molar-refractivity contribution in [2.45, 2.75) is 31.6 Å². The van der Waals surface area contributed by atoms with Gasteiger partial charge in [-0.1, -0.05) is 19.4 Å². The summed E-state index contributed by atoms with van der Waals surface area (Å²) in [7, 11) is -1.11. The van der Waals surface area contributed by atoms with Crippen molar-refractivity contribution in [1.29, 1.82) is 0 Å². The lowest BCUT2D eigenvalue weighted by Gasteiger charge is -2.25. The number of amides is 1. The van der Waals surface area contributed by atoms with E-state index < -0.39 is 10.0 Å². The Balaban J connectivity index is 2.47. The molecule has 0 aliphatic carbocycles. The summed E-state index contributed by atoms with van der Waals surface area (Å²) in [5.74, 6) is 0.441. The van der Waals surface area contributed by atoms with Crippen molar-refractivity contribution in [3.63, 3.8) is 0 Å². The maximum atomic E-state index is 13.5. The van der Waals surface area contributed by atoms with Crippen molar-refractivity contribution in [3.05, 3.63) is 48.0 Å². The number of ether oxygens (including phenoxy) is 2. The zero-order valence-electron chi connectivity index (χ0n) is 17.3. The molecule has 0 bridgehead atoms. The first kappa shape index (κ1) is 22.5. The van der Waals surface area contributed by atoms with Crippen LogP contribution in [0.2, 0.25) is 0 Å². The van der Waals surface area contributed by atoms with E-state index in [1.807, 2.05) is 6.92 Å². The van der Waals surface area contributed by atoms with E-state index in [1.54, 1.807) is 49.4 Å². The molecular formula is C21H28N2O5S. The molecule has 0 saturated carbocycles. The van der Waals surface area contributed by atoms with Crippen LogP contribution in [0.15, 0.2) is 47.4 Å². The first-order valence-electron chi connectivity index (χ1n) is 9.41. The zero-order chi connectivity index (χ0) is 21.4. The van der Waals surface area contributed by atoms with Crippen molar-refractivity contribution in [2.24, 2.45) is 0 Å². The summed E-state index contributed by atoms with van der Waals surface area (Å²) in [6.45, 7) is 3.98. The fraction of sp³-hybridized carbons (Fsp3) is 0.381. The maximum absolute atomic E-state index is 13.5. The van der Waals surface area contributed by atoms with Gasteiger partial charge in [-0.05, 0) is 55.3 Å². The van der Waals surface area contributed by atoms with Gasteiger partial charge in [0.15, 0.2) is 0 Å². The van der Waals surface area contributed by atoms with Crippen LogP contribution < -0.4 is 19.1 Å². The number of unbranched alkanes of at least 4 members (excludes halogenated alkanes) is 1. The number of nitrogens with one attached hydrogen (secondary N) is 1. The number of anilines is 1. The summed E-state index contributed by atoms with van der Waals surface area (Å²) >= 11 is 0. The predicted octanol–water partition coefficient (Wildman–Crippen LogP) is 3.12. The van der Waals surface area contributed by atoms with E-state index in [4.69, 9.17) is 9.47 Å². The van der Waals surface area contributed by atoms with Gasteiger partial charge >= 0.3 is 0 Å². The number of methoxy groups -OCH3 is 2. The van der Waals surface area contributed by atoms with Crippen LogP contribution in [0.3, 0.4) is 0 Å². The summed E-state index contributed by atoms with van der Waals surface area (Å²) in [4.78, 5) is 12.5. The molecular weight excluding hydrogens is 392 g/mol. The summed E-state index contributed by atoms with van der Waals surface area (Å²) in [6, 6.07) is 11.4. The van der Waals surface area contributed by atoms with Crippen LogP contribution in [0.1, 0.15) is 25.3 Å². The van der Waals surface area contributed by atoms with Gasteiger partial charge < -0.3 is 14.8 Å². The van der Waals surface area contributed by atoms with Crippen molar-refractivity contribution in [2.75, 3.05) is 31.6 Å². The van der Waals surface area contributed by atoms with E-state index in [1.165, 1.54) is 14.2 Å². The van der Waals surface area contributed by atoms with Gasteiger partial charge in [-0.25, -0.2) is 8.42 Å². The number of carbonyl (C=O) groups is 1. The Morgan fingerprint density at radius 3 is 2.34 bits per heavy atom. The highest BCUT2D eigenvalue weighted by Crippen LogP contribution is 2.31. The largest absolute Gasteiger partial charge is 0.497 e. The lowest BCUT2D eigenvalue weighted by molar-refractivity contribution is -0.119. The van der Waals surface area contributed by atoms with Crippen LogP contribution in [-0.4, -0.2) is 41.6 Å². The van der Waals surface area contributed by atoms with Crippen molar-refractivity contribution in [1.82, 2.24) is 5.32 Å². The number of nitrogens with zero attached hydrogens (tertiary/aromatic N) is 1. The highest BCUT2D eigenvalue weighted by atomic mass is 32.2. The molecule has 0 aliphatic heterocycles. The normalized spacial score (nSPS) is 11.0. The van der Waals surface area contributed by atoms with Crippen LogP contribution in [0.25, 0.3) is 0 Å². The second kappa shape index (κ2) is 10.2. The number of carbonyl (C=O) groups excluding carboxylic acids is 1. The van der Waals surface area contributed by atoms with Crippen molar-refractivity contribution >= 4 is 21.6 Å². The lowest BCUT2D eigenvalue weighted by Crippen LogP contribution is -2.41. The van der Waals surface area contributed by atoms with Crippen LogP contribution >= 0.6 is 0 Å². The van der Waals surface area contributed by atoms with Gasteiger partial charge in [-0.15, -0.1) is 0 Å². The minimum absolute atomic E-state index is 0.0113. The smallest absolute Gasteiger partial charge is 0.268 e. The van der Waals surface area contributed by atoms with Gasteiger partial charge in [-0.3, -0.25) is 9.10 Å². The molecule has 1 amide bonds. The minimum Gasteiger partial charge on any atom is -0.497 e. The first-order chi connectivity index (χ1) is 13.8. The fourth-order valence-electron chi connectivity index (χ4n) is 2.76. The second-order valence-electron chi connectivity index (χ2n) is 6.57. The van der Waals surface area contributed by atoms with Gasteiger partial charge in [-0.2, -0.15) is 0 Å². The summed E-state index contributed by atoms with van der Waals surface area (Å²) in [5.41, 5.74) is 1.13. The van der Waals surface area contributed by atoms with Crippen LogP contribution in [0, 0.1) is 6.92 Å². The average molecular weight is 421 g/mol. The highest BCUT2D eigenvalue weighted by Gasteiger charge is 2.30. The van der Waals surface area contributed by atoms with E-state index in [0.717, 1.165) is 22.7 Å². The van der Waals surface area contributed by atoms with Gasteiger partial charge in [0.1, 0.15) is 22.9 Å². The Morgan fingerprint density at radius 2 is 1.76 bits per heavy atom. The summed E-state index contributed by atoms with van der Waals surface area (Å²) in [6.07, 6.45) is 1.76. The standard InChI is InChI=1S/C21H28N2O5S/c1-5-6-13-22-21(24)15-23(17-8-10-18(27-3)11-9-17)29(25,26)20-14-16(2)7-12-19(20)28-4/h7-12,14H,5-6,13,15H2,1-4H3,(H,22,24). The molecule has 0 spiro atoms. The van der Waals surface area contributed by atoms with Crippen LogP contribution in [0.4, 0.5) is 5.69 Å². The van der Waals surface area contributed by atoms with Gasteiger partial charge in [0.05, 0.1) is 19.9 Å². The lowest BCUT2D eigenvalue weighted by atomic mass is 10.2. The third-order valence-electron chi connectivity index (χ3n) is 4.39. The quantitative estimate of drug-likeness (QED) is 0.597. The Kier molecular flexibility index (Phi) is 7.90. The summed E-state index contributed by atoms with van der Waals surface area (Å²) < 4.78 is 38.5. The molecule has 2 rings (SSSR count). The fourth-order valence-corrected chi connectivity index (χ4v) is 4.42. The molecule has 29 heavy (non-hydrogen) atoms. The Morgan fingerprint density at radius 1 is 1.07 bits per heavy atom. The molecule has 7 nitrogen and oxygen atoms in total. The van der Waals surface area contributed by atoms with Gasteiger partial charge in [0.2, 0.25) is 5.91 Å². The van der Waals surface area contributed by atoms with Gasteiger partial charge in [0, 0.05) is 6.54 Å². The predicted molar refractivity (Wildman–Crippen MR) is 113 cm³/mol. The van der Waals surface area contributed by atoms with Crippen molar-refractivity contribution in [3.8, 4) is 11.5 Å². The molecule has 0 saturated heterocycles. The number of sulfonamides is 1. The third-order valence-corrected chi connectivity index (χ3v) is 6.18. The van der Waals surface area contributed by atoms with E-state index in [2.05, 4.69) is 5.32 Å². The van der Waals surface area contributed by atoms with Crippen molar-refractivity contribution < 1.29 is 22.7 Å². The van der Waals surface area contributed by atoms with Gasteiger partial charge in [0.25, 0.3) is 10.0 Å². The average Bonchev–Trinajstić information content (AvgIpc) is 2.72. The Labute approximate surface area is 172 Å². The van der Waals surface area contributed by atoms with E-state index in [-0.39, 0.29) is 23.1 Å². The van der Waals surface area contributed by atoms with E-state index in [9.17, 15) is 13.2 Å². The number of hydrogen-bond acceptors (Lipinski definition) is 5. The molecule has 8 heteroatoms. The maximum Gasteiger partial charge on any atom is 0.268 e. The topological polar surface area (TPSA) is 84.9 Å². The molecule has 0 heterocycles. The number of rotatable bonds is 10. The Hall–Kier alpha value is -2.74. The molecule has 1 N–H and O–H groups in total. The molecule has 0 aromatic heterocycles. The zero-order valence-corrected chi connectivity index (χ0v) is 18.1. The number of hydrogen-bond donors (Lipinski definition) is 1. The molecule has 2 aromatic rings. The molecule has 158 valence electrons. The van der Waals surface area contributed by atoms with E-state index >= 15 is 0 Å². The molecule has 0 radical (unpaired) electrons. The highest BCUT2D eigenvalue weighted by molar-refractivity contribution is 7.93. The molecule has 0 aliphatic rings. The second-order valence-corrected chi connectivity index (χ2v) is 8.40. The molecule has 0 unspecified atom stereocenters. The number of benzene rings is 2. The molecule has 0 atom stereocenters. The molecule has 2 aromatic carbocycles.